The number of hydrogen-bond acceptors (Lipinski definition) is 5. The molecule has 1 unspecified atom stereocenters. The molecule has 5 heteroatoms. The molecule has 2 rings (SSSR count). The second-order valence-electron chi connectivity index (χ2n) is 4.84. The fraction of sp³-hybridized carbons (Fsp3) is 0.769. The molecular weight excluding hydrogens is 262 g/mol. The summed E-state index contributed by atoms with van der Waals surface area (Å²) in [5.41, 5.74) is 1.23. The predicted octanol–water partition coefficient (Wildman–Crippen LogP) is 2.58. The highest BCUT2D eigenvalue weighted by atomic mass is 32.2. The first-order valence-electron chi connectivity index (χ1n) is 6.71. The summed E-state index contributed by atoms with van der Waals surface area (Å²) in [5.74, 6) is 2.60. The molecule has 0 aromatic carbocycles. The number of thiazole rings is 1. The van der Waals surface area contributed by atoms with Gasteiger partial charge >= 0.3 is 0 Å². The van der Waals surface area contributed by atoms with E-state index in [0.29, 0.717) is 0 Å². The van der Waals surface area contributed by atoms with E-state index in [2.05, 4.69) is 41.3 Å². The van der Waals surface area contributed by atoms with E-state index >= 15 is 0 Å². The first-order chi connectivity index (χ1) is 8.79. The van der Waals surface area contributed by atoms with Gasteiger partial charge in [-0.05, 0) is 32.2 Å². The van der Waals surface area contributed by atoms with Crippen LogP contribution in [0, 0.1) is 0 Å². The van der Waals surface area contributed by atoms with Gasteiger partial charge in [0, 0.05) is 30.3 Å². The van der Waals surface area contributed by atoms with Crippen molar-refractivity contribution in [3.05, 3.63) is 16.1 Å². The minimum atomic E-state index is 0.748. The van der Waals surface area contributed by atoms with Crippen LogP contribution < -0.4 is 5.32 Å². The Morgan fingerprint density at radius 1 is 1.56 bits per heavy atom. The zero-order valence-corrected chi connectivity index (χ0v) is 12.9. The highest BCUT2D eigenvalue weighted by Gasteiger charge is 2.20. The Kier molecular flexibility index (Phi) is 5.95. The lowest BCUT2D eigenvalue weighted by Crippen LogP contribution is -2.31. The molecule has 1 atom stereocenters. The molecule has 0 amide bonds. The molecule has 1 saturated heterocycles. The van der Waals surface area contributed by atoms with Crippen molar-refractivity contribution >= 4 is 23.1 Å². The molecule has 18 heavy (non-hydrogen) atoms. The van der Waals surface area contributed by atoms with Crippen LogP contribution in [0.15, 0.2) is 5.38 Å². The van der Waals surface area contributed by atoms with Gasteiger partial charge in [-0.3, -0.25) is 4.90 Å². The average Bonchev–Trinajstić information content (AvgIpc) is 3.00. The first-order valence-corrected chi connectivity index (χ1v) is 8.75. The monoisotopic (exact) mass is 285 g/mol. The zero-order valence-electron chi connectivity index (χ0n) is 11.3. The Morgan fingerprint density at radius 2 is 2.44 bits per heavy atom. The normalized spacial score (nSPS) is 19.8. The van der Waals surface area contributed by atoms with E-state index in [9.17, 15) is 0 Å². The smallest absolute Gasteiger partial charge is 0.107 e. The van der Waals surface area contributed by atoms with Crippen molar-refractivity contribution in [3.8, 4) is 0 Å². The Bertz CT molecular complexity index is 348. The van der Waals surface area contributed by atoms with Crippen LogP contribution >= 0.6 is 23.1 Å². The van der Waals surface area contributed by atoms with Gasteiger partial charge in [-0.15, -0.1) is 11.3 Å². The van der Waals surface area contributed by atoms with E-state index in [1.54, 1.807) is 11.3 Å². The second kappa shape index (κ2) is 7.48. The Hall–Kier alpha value is -0.100. The van der Waals surface area contributed by atoms with Crippen LogP contribution in [-0.4, -0.2) is 41.0 Å². The van der Waals surface area contributed by atoms with Crippen molar-refractivity contribution in [1.29, 1.82) is 0 Å². The predicted molar refractivity (Wildman–Crippen MR) is 81.3 cm³/mol. The molecule has 1 aromatic heterocycles. The van der Waals surface area contributed by atoms with Crippen LogP contribution in [0.25, 0.3) is 0 Å². The quantitative estimate of drug-likeness (QED) is 0.780. The number of rotatable bonds is 7. The molecule has 3 nitrogen and oxygen atoms in total. The number of nitrogens with zero attached hydrogens (tertiary/aromatic N) is 2. The minimum absolute atomic E-state index is 0.748. The summed E-state index contributed by atoms with van der Waals surface area (Å²) in [7, 11) is 2.23. The third kappa shape index (κ3) is 4.23. The zero-order chi connectivity index (χ0) is 12.8. The van der Waals surface area contributed by atoms with Gasteiger partial charge in [-0.1, -0.05) is 6.92 Å². The Morgan fingerprint density at radius 3 is 3.17 bits per heavy atom. The van der Waals surface area contributed by atoms with E-state index in [1.165, 1.54) is 35.0 Å². The molecule has 1 fully saturated rings. The molecular formula is C13H23N3S2. The Labute approximate surface area is 118 Å². The second-order valence-corrected chi connectivity index (χ2v) is 6.93. The summed E-state index contributed by atoms with van der Waals surface area (Å²) < 4.78 is 0. The summed E-state index contributed by atoms with van der Waals surface area (Å²) in [4.78, 5) is 7.16. The summed E-state index contributed by atoms with van der Waals surface area (Å²) in [6.45, 7) is 5.18. The lowest BCUT2D eigenvalue weighted by molar-refractivity contribution is 0.252. The van der Waals surface area contributed by atoms with Gasteiger partial charge < -0.3 is 5.32 Å². The highest BCUT2D eigenvalue weighted by Crippen LogP contribution is 2.22. The van der Waals surface area contributed by atoms with E-state index in [4.69, 9.17) is 4.98 Å². The van der Waals surface area contributed by atoms with Crippen molar-refractivity contribution in [2.45, 2.75) is 38.9 Å². The average molecular weight is 285 g/mol. The maximum Gasteiger partial charge on any atom is 0.107 e. The maximum absolute atomic E-state index is 4.70. The van der Waals surface area contributed by atoms with Crippen LogP contribution in [0.5, 0.6) is 0 Å². The number of thioether (sulfide) groups is 1. The van der Waals surface area contributed by atoms with Crippen LogP contribution in [-0.2, 0) is 13.1 Å². The maximum atomic E-state index is 4.70. The molecule has 1 aromatic rings. The van der Waals surface area contributed by atoms with Gasteiger partial charge in [-0.2, -0.15) is 11.8 Å². The molecule has 102 valence electrons. The molecule has 0 radical (unpaired) electrons. The van der Waals surface area contributed by atoms with Crippen LogP contribution in [0.1, 0.15) is 30.5 Å². The van der Waals surface area contributed by atoms with Gasteiger partial charge in [0.05, 0.1) is 5.69 Å². The van der Waals surface area contributed by atoms with Gasteiger partial charge in [0.1, 0.15) is 5.01 Å². The third-order valence-electron chi connectivity index (χ3n) is 3.24. The van der Waals surface area contributed by atoms with Crippen molar-refractivity contribution in [2.75, 3.05) is 25.1 Å². The van der Waals surface area contributed by atoms with E-state index in [1.807, 2.05) is 0 Å². The van der Waals surface area contributed by atoms with Crippen molar-refractivity contribution in [2.24, 2.45) is 0 Å². The lowest BCUT2D eigenvalue weighted by Gasteiger charge is -2.22. The van der Waals surface area contributed by atoms with E-state index in [-0.39, 0.29) is 0 Å². The first kappa shape index (κ1) is 14.3. The van der Waals surface area contributed by atoms with Gasteiger partial charge in [0.2, 0.25) is 0 Å². The van der Waals surface area contributed by atoms with Crippen LogP contribution in [0.2, 0.25) is 0 Å². The summed E-state index contributed by atoms with van der Waals surface area (Å²) in [6.07, 6.45) is 2.51. The third-order valence-corrected chi connectivity index (χ3v) is 5.29. The van der Waals surface area contributed by atoms with Gasteiger partial charge in [0.25, 0.3) is 0 Å². The highest BCUT2D eigenvalue weighted by molar-refractivity contribution is 7.99. The van der Waals surface area contributed by atoms with Crippen molar-refractivity contribution in [1.82, 2.24) is 15.2 Å². The van der Waals surface area contributed by atoms with Gasteiger partial charge in [-0.25, -0.2) is 4.98 Å². The molecule has 1 aliphatic heterocycles. The lowest BCUT2D eigenvalue weighted by atomic mass is 10.2. The number of hydrogen-bond donors (Lipinski definition) is 1. The van der Waals surface area contributed by atoms with Crippen LogP contribution in [0.4, 0.5) is 0 Å². The fourth-order valence-electron chi connectivity index (χ4n) is 2.13. The van der Waals surface area contributed by atoms with Crippen LogP contribution in [0.3, 0.4) is 0 Å². The number of aromatic nitrogens is 1. The molecule has 0 spiro atoms. The standard InChI is InChI=1S/C13H23N3S2/c1-3-5-14-7-13-15-11(9-18-13)8-16(2)12-4-6-17-10-12/h9,12,14H,3-8,10H2,1-2H3. The Balaban J connectivity index is 1.78. The topological polar surface area (TPSA) is 28.2 Å². The van der Waals surface area contributed by atoms with E-state index < -0.39 is 0 Å². The summed E-state index contributed by atoms with van der Waals surface area (Å²) in [5, 5.41) is 6.83. The summed E-state index contributed by atoms with van der Waals surface area (Å²) in [6, 6.07) is 0.748. The van der Waals surface area contributed by atoms with Crippen molar-refractivity contribution < 1.29 is 0 Å². The molecule has 0 aliphatic carbocycles. The summed E-state index contributed by atoms with van der Waals surface area (Å²) >= 11 is 3.85. The fourth-order valence-corrected chi connectivity index (χ4v) is 4.18. The molecule has 2 heterocycles. The van der Waals surface area contributed by atoms with E-state index in [0.717, 1.165) is 25.7 Å². The molecule has 1 aliphatic rings. The van der Waals surface area contributed by atoms with Crippen molar-refractivity contribution in [3.63, 3.8) is 0 Å². The molecule has 1 N–H and O–H groups in total. The minimum Gasteiger partial charge on any atom is -0.310 e. The largest absolute Gasteiger partial charge is 0.310 e. The number of nitrogens with one attached hydrogen (secondary N) is 1. The molecule has 0 bridgehead atoms. The van der Waals surface area contributed by atoms with Gasteiger partial charge in [0.15, 0.2) is 0 Å². The molecule has 0 saturated carbocycles. The SMILES string of the molecule is CCCNCc1nc(CN(C)C2CCSC2)cs1.